The standard InChI is InChI=1S/C8H11N3/c1-4-11-8(9-3)6-5-7(2)10-11/h4-6H,1H2,2-3H3. The lowest BCUT2D eigenvalue weighted by Gasteiger charge is -1.98. The maximum absolute atomic E-state index is 4.17. The normalized spacial score (nSPS) is 11.6. The first-order valence-electron chi connectivity index (χ1n) is 3.40. The predicted molar refractivity (Wildman–Crippen MR) is 44.8 cm³/mol. The van der Waals surface area contributed by atoms with E-state index in [2.05, 4.69) is 16.7 Å². The second-order valence-electron chi connectivity index (χ2n) is 2.18. The molecular weight excluding hydrogens is 138 g/mol. The van der Waals surface area contributed by atoms with Crippen molar-refractivity contribution in [1.29, 1.82) is 0 Å². The van der Waals surface area contributed by atoms with E-state index in [-0.39, 0.29) is 0 Å². The summed E-state index contributed by atoms with van der Waals surface area (Å²) in [6.07, 6.45) is 1.63. The Bertz CT molecular complexity index is 322. The van der Waals surface area contributed by atoms with Gasteiger partial charge in [0.05, 0.1) is 5.69 Å². The van der Waals surface area contributed by atoms with Crippen LogP contribution in [0.2, 0.25) is 0 Å². The fourth-order valence-electron chi connectivity index (χ4n) is 0.837. The van der Waals surface area contributed by atoms with E-state index >= 15 is 0 Å². The Morgan fingerprint density at radius 3 is 2.91 bits per heavy atom. The molecule has 0 unspecified atom stereocenters. The molecule has 0 aliphatic carbocycles. The Balaban J connectivity index is 3.40. The van der Waals surface area contributed by atoms with Gasteiger partial charge in [-0.15, -0.1) is 0 Å². The Morgan fingerprint density at radius 1 is 1.64 bits per heavy atom. The second-order valence-corrected chi connectivity index (χ2v) is 2.18. The molecule has 0 amide bonds. The Morgan fingerprint density at radius 2 is 2.36 bits per heavy atom. The van der Waals surface area contributed by atoms with Crippen molar-refractivity contribution in [2.75, 3.05) is 7.05 Å². The highest BCUT2D eigenvalue weighted by atomic mass is 15.3. The molecule has 0 N–H and O–H groups in total. The van der Waals surface area contributed by atoms with Crippen LogP contribution in [0.4, 0.5) is 0 Å². The first-order chi connectivity index (χ1) is 5.27. The van der Waals surface area contributed by atoms with E-state index in [1.54, 1.807) is 17.9 Å². The van der Waals surface area contributed by atoms with Gasteiger partial charge in [0.2, 0.25) is 0 Å². The van der Waals surface area contributed by atoms with Crippen LogP contribution in [-0.4, -0.2) is 16.8 Å². The number of nitrogens with zero attached hydrogens (tertiary/aromatic N) is 3. The van der Waals surface area contributed by atoms with Gasteiger partial charge in [-0.1, -0.05) is 6.58 Å². The van der Waals surface area contributed by atoms with E-state index in [0.717, 1.165) is 11.2 Å². The summed E-state index contributed by atoms with van der Waals surface area (Å²) >= 11 is 0. The number of hydrogen-bond donors (Lipinski definition) is 0. The van der Waals surface area contributed by atoms with Gasteiger partial charge in [-0.05, 0) is 19.1 Å². The molecule has 11 heavy (non-hydrogen) atoms. The quantitative estimate of drug-likeness (QED) is 0.581. The summed E-state index contributed by atoms with van der Waals surface area (Å²) in [5.41, 5.74) is 1.77. The van der Waals surface area contributed by atoms with Crippen molar-refractivity contribution in [1.82, 2.24) is 9.78 Å². The molecule has 0 fully saturated rings. The van der Waals surface area contributed by atoms with Crippen molar-refractivity contribution >= 4 is 6.20 Å². The average Bonchev–Trinajstić information content (AvgIpc) is 2.04. The third-order valence-electron chi connectivity index (χ3n) is 1.38. The summed E-state index contributed by atoms with van der Waals surface area (Å²) in [4.78, 5) is 4.01. The SMILES string of the molecule is C=Cn1nc(C)ccc1=NC. The fourth-order valence-corrected chi connectivity index (χ4v) is 0.837. The molecule has 0 atom stereocenters. The minimum atomic E-state index is 0.811. The molecule has 1 aromatic heterocycles. The predicted octanol–water partition coefficient (Wildman–Crippen LogP) is 0.823. The molecule has 0 spiro atoms. The van der Waals surface area contributed by atoms with E-state index in [1.165, 1.54) is 0 Å². The van der Waals surface area contributed by atoms with E-state index in [1.807, 2.05) is 19.1 Å². The van der Waals surface area contributed by atoms with Gasteiger partial charge in [-0.2, -0.15) is 5.10 Å². The van der Waals surface area contributed by atoms with Crippen LogP contribution < -0.4 is 5.49 Å². The van der Waals surface area contributed by atoms with Crippen LogP contribution >= 0.6 is 0 Å². The lowest BCUT2D eigenvalue weighted by Crippen LogP contribution is -2.18. The number of rotatable bonds is 1. The minimum absolute atomic E-state index is 0.811. The van der Waals surface area contributed by atoms with Crippen LogP contribution in [-0.2, 0) is 0 Å². The van der Waals surface area contributed by atoms with Crippen molar-refractivity contribution in [3.05, 3.63) is 29.9 Å². The number of aryl methyl sites for hydroxylation is 1. The topological polar surface area (TPSA) is 30.2 Å². The molecule has 3 heteroatoms. The van der Waals surface area contributed by atoms with Gasteiger partial charge in [0, 0.05) is 13.2 Å². The molecule has 0 bridgehead atoms. The molecule has 1 rings (SSSR count). The van der Waals surface area contributed by atoms with Crippen molar-refractivity contribution in [3.8, 4) is 0 Å². The van der Waals surface area contributed by atoms with Crippen molar-refractivity contribution in [3.63, 3.8) is 0 Å². The van der Waals surface area contributed by atoms with Crippen LogP contribution in [0.25, 0.3) is 6.20 Å². The van der Waals surface area contributed by atoms with Crippen molar-refractivity contribution in [2.24, 2.45) is 4.99 Å². The molecule has 3 nitrogen and oxygen atoms in total. The smallest absolute Gasteiger partial charge is 0.148 e. The van der Waals surface area contributed by atoms with Crippen molar-refractivity contribution < 1.29 is 0 Å². The Kier molecular flexibility index (Phi) is 2.21. The van der Waals surface area contributed by atoms with E-state index in [9.17, 15) is 0 Å². The Hall–Kier alpha value is -1.38. The summed E-state index contributed by atoms with van der Waals surface area (Å²) in [5.74, 6) is 0. The highest BCUT2D eigenvalue weighted by Crippen LogP contribution is 1.85. The first-order valence-corrected chi connectivity index (χ1v) is 3.40. The third-order valence-corrected chi connectivity index (χ3v) is 1.38. The van der Waals surface area contributed by atoms with Gasteiger partial charge in [0.1, 0.15) is 5.49 Å². The highest BCUT2D eigenvalue weighted by molar-refractivity contribution is 5.14. The zero-order valence-corrected chi connectivity index (χ0v) is 6.78. The molecule has 0 saturated heterocycles. The molecule has 0 radical (unpaired) electrons. The minimum Gasteiger partial charge on any atom is -0.270 e. The summed E-state index contributed by atoms with van der Waals surface area (Å²) in [6, 6.07) is 3.83. The van der Waals surface area contributed by atoms with Gasteiger partial charge < -0.3 is 0 Å². The average molecular weight is 149 g/mol. The molecule has 0 aliphatic rings. The van der Waals surface area contributed by atoms with E-state index < -0.39 is 0 Å². The summed E-state index contributed by atoms with van der Waals surface area (Å²) in [7, 11) is 1.73. The molecule has 0 saturated carbocycles. The molecular formula is C8H11N3. The molecule has 0 aliphatic heterocycles. The zero-order chi connectivity index (χ0) is 8.27. The van der Waals surface area contributed by atoms with E-state index in [4.69, 9.17) is 0 Å². The highest BCUT2D eigenvalue weighted by Gasteiger charge is 1.88. The van der Waals surface area contributed by atoms with Gasteiger partial charge in [-0.3, -0.25) is 4.99 Å². The maximum atomic E-state index is 4.17. The lowest BCUT2D eigenvalue weighted by molar-refractivity contribution is 0.802. The summed E-state index contributed by atoms with van der Waals surface area (Å²) in [5, 5.41) is 4.17. The summed E-state index contributed by atoms with van der Waals surface area (Å²) < 4.78 is 1.65. The molecule has 1 aromatic rings. The molecule has 58 valence electrons. The van der Waals surface area contributed by atoms with Crippen molar-refractivity contribution in [2.45, 2.75) is 6.92 Å². The second kappa shape index (κ2) is 3.14. The largest absolute Gasteiger partial charge is 0.270 e. The lowest BCUT2D eigenvalue weighted by atomic mass is 10.4. The fraction of sp³-hybridized carbons (Fsp3) is 0.250. The van der Waals surface area contributed by atoms with Crippen LogP contribution in [0.3, 0.4) is 0 Å². The van der Waals surface area contributed by atoms with Crippen LogP contribution in [0.5, 0.6) is 0 Å². The van der Waals surface area contributed by atoms with Gasteiger partial charge in [0.15, 0.2) is 0 Å². The summed E-state index contributed by atoms with van der Waals surface area (Å²) in [6.45, 7) is 5.55. The van der Waals surface area contributed by atoms with Crippen LogP contribution in [0, 0.1) is 6.92 Å². The van der Waals surface area contributed by atoms with Gasteiger partial charge in [0.25, 0.3) is 0 Å². The zero-order valence-electron chi connectivity index (χ0n) is 6.78. The Labute approximate surface area is 65.7 Å². The van der Waals surface area contributed by atoms with E-state index in [0.29, 0.717) is 0 Å². The monoisotopic (exact) mass is 149 g/mol. The van der Waals surface area contributed by atoms with Gasteiger partial charge >= 0.3 is 0 Å². The molecule has 0 aromatic carbocycles. The first kappa shape index (κ1) is 7.72. The number of hydrogen-bond acceptors (Lipinski definition) is 2. The molecule has 1 heterocycles. The maximum Gasteiger partial charge on any atom is 0.148 e. The van der Waals surface area contributed by atoms with Gasteiger partial charge in [-0.25, -0.2) is 4.68 Å². The van der Waals surface area contributed by atoms with Crippen LogP contribution in [0.15, 0.2) is 23.7 Å². The van der Waals surface area contributed by atoms with Crippen LogP contribution in [0.1, 0.15) is 5.69 Å². The third kappa shape index (κ3) is 1.55. The number of aromatic nitrogens is 2.